The molecule has 2 aromatic carbocycles. The summed E-state index contributed by atoms with van der Waals surface area (Å²) in [5, 5.41) is 11.8. The van der Waals surface area contributed by atoms with Gasteiger partial charge in [-0.05, 0) is 42.8 Å². The molecule has 1 heterocycles. The van der Waals surface area contributed by atoms with Crippen LogP contribution in [0.5, 0.6) is 5.75 Å². The number of methoxy groups -OCH3 is 1. The van der Waals surface area contributed by atoms with Gasteiger partial charge in [0.05, 0.1) is 18.7 Å². The first-order chi connectivity index (χ1) is 16.7. The molecule has 0 aliphatic carbocycles. The van der Waals surface area contributed by atoms with E-state index in [2.05, 4.69) is 15.0 Å². The molecule has 1 aromatic heterocycles. The standard InChI is InChI=1S/C24H22Cl2FN3O5/c1-12(20-16(25)7-8-17(27)21(20)26)35-19-9-15(10-29-22(19)28)13-3-5-14(6-4-13)23(32)30-18(11-31)24(33)34-2/h3-10,12,18,31H,11H2,1-2H3,(H2,28,29)(H,30,32). The van der Waals surface area contributed by atoms with Gasteiger partial charge >= 0.3 is 5.97 Å². The lowest BCUT2D eigenvalue weighted by Crippen LogP contribution is -2.44. The number of anilines is 1. The highest BCUT2D eigenvalue weighted by molar-refractivity contribution is 6.36. The molecule has 8 nitrogen and oxygen atoms in total. The van der Waals surface area contributed by atoms with Gasteiger partial charge in [0.1, 0.15) is 11.9 Å². The zero-order valence-corrected chi connectivity index (χ0v) is 20.2. The Morgan fingerprint density at radius 1 is 1.17 bits per heavy atom. The first kappa shape index (κ1) is 26.2. The minimum Gasteiger partial charge on any atom is -0.482 e. The molecule has 0 spiro atoms. The third-order valence-electron chi connectivity index (χ3n) is 5.13. The Morgan fingerprint density at radius 3 is 2.49 bits per heavy atom. The van der Waals surface area contributed by atoms with Gasteiger partial charge in [-0.3, -0.25) is 4.79 Å². The number of carbonyl (C=O) groups excluding carboxylic acids is 2. The van der Waals surface area contributed by atoms with Crippen LogP contribution in [0.2, 0.25) is 10.0 Å². The summed E-state index contributed by atoms with van der Waals surface area (Å²) in [4.78, 5) is 28.1. The molecule has 0 aliphatic heterocycles. The Balaban J connectivity index is 1.80. The fourth-order valence-corrected chi connectivity index (χ4v) is 3.93. The molecule has 0 saturated heterocycles. The highest BCUT2D eigenvalue weighted by Gasteiger charge is 2.22. The summed E-state index contributed by atoms with van der Waals surface area (Å²) in [6.07, 6.45) is 0.800. The Labute approximate surface area is 210 Å². The van der Waals surface area contributed by atoms with Gasteiger partial charge in [0.25, 0.3) is 5.91 Å². The molecule has 2 unspecified atom stereocenters. The highest BCUT2D eigenvalue weighted by atomic mass is 35.5. The fraction of sp³-hybridized carbons (Fsp3) is 0.208. The van der Waals surface area contributed by atoms with Crippen molar-refractivity contribution in [1.82, 2.24) is 10.3 Å². The van der Waals surface area contributed by atoms with Crippen LogP contribution in [0, 0.1) is 5.82 Å². The number of esters is 1. The summed E-state index contributed by atoms with van der Waals surface area (Å²) in [6.45, 7) is 1.06. The van der Waals surface area contributed by atoms with Gasteiger partial charge < -0.3 is 25.6 Å². The topological polar surface area (TPSA) is 124 Å². The van der Waals surface area contributed by atoms with E-state index in [0.29, 0.717) is 11.1 Å². The molecule has 2 atom stereocenters. The Morgan fingerprint density at radius 2 is 1.86 bits per heavy atom. The van der Waals surface area contributed by atoms with Gasteiger partial charge in [-0.15, -0.1) is 0 Å². The van der Waals surface area contributed by atoms with E-state index < -0.39 is 36.4 Å². The van der Waals surface area contributed by atoms with Crippen LogP contribution in [0.4, 0.5) is 10.2 Å². The molecule has 4 N–H and O–H groups in total. The molecule has 184 valence electrons. The number of aliphatic hydroxyl groups is 1. The Bertz CT molecular complexity index is 1240. The number of hydrogen-bond acceptors (Lipinski definition) is 7. The van der Waals surface area contributed by atoms with E-state index in [-0.39, 0.29) is 32.7 Å². The van der Waals surface area contributed by atoms with Crippen LogP contribution in [0.15, 0.2) is 48.7 Å². The summed E-state index contributed by atoms with van der Waals surface area (Å²) < 4.78 is 24.4. The Kier molecular flexibility index (Phi) is 8.50. The van der Waals surface area contributed by atoms with Crippen LogP contribution < -0.4 is 15.8 Å². The highest BCUT2D eigenvalue weighted by Crippen LogP contribution is 2.37. The number of nitrogens with one attached hydrogen (secondary N) is 1. The molecular weight excluding hydrogens is 500 g/mol. The summed E-state index contributed by atoms with van der Waals surface area (Å²) >= 11 is 12.3. The largest absolute Gasteiger partial charge is 0.482 e. The molecule has 3 rings (SSSR count). The third kappa shape index (κ3) is 6.00. The van der Waals surface area contributed by atoms with Crippen LogP contribution in [0.1, 0.15) is 28.9 Å². The van der Waals surface area contributed by atoms with E-state index in [0.717, 1.165) is 7.11 Å². The zero-order valence-electron chi connectivity index (χ0n) is 18.7. The molecule has 0 fully saturated rings. The number of carbonyl (C=O) groups is 2. The minimum absolute atomic E-state index is 0.109. The summed E-state index contributed by atoms with van der Waals surface area (Å²) in [6, 6.07) is 9.46. The van der Waals surface area contributed by atoms with Crippen molar-refractivity contribution in [1.29, 1.82) is 0 Å². The molecule has 3 aromatic rings. The van der Waals surface area contributed by atoms with E-state index in [9.17, 15) is 19.1 Å². The lowest BCUT2D eigenvalue weighted by atomic mass is 10.0. The van der Waals surface area contributed by atoms with E-state index in [1.165, 1.54) is 18.3 Å². The SMILES string of the molecule is COC(=O)C(CO)NC(=O)c1ccc(-c2cnc(N)c(OC(C)c3c(Cl)ccc(F)c3Cl)c2)cc1. The number of pyridine rings is 1. The normalized spacial score (nSPS) is 12.5. The van der Waals surface area contributed by atoms with E-state index in [1.54, 1.807) is 37.3 Å². The van der Waals surface area contributed by atoms with Gasteiger partial charge in [0.15, 0.2) is 17.6 Å². The monoisotopic (exact) mass is 521 g/mol. The number of ether oxygens (including phenoxy) is 2. The van der Waals surface area contributed by atoms with Crippen molar-refractivity contribution >= 4 is 40.9 Å². The number of rotatable bonds is 8. The van der Waals surface area contributed by atoms with Crippen LogP contribution >= 0.6 is 23.2 Å². The maximum atomic E-state index is 13.9. The number of halogens is 3. The second-order valence-electron chi connectivity index (χ2n) is 7.43. The van der Waals surface area contributed by atoms with Crippen LogP contribution in [-0.4, -0.2) is 41.7 Å². The summed E-state index contributed by atoms with van der Waals surface area (Å²) in [5.74, 6) is -1.59. The number of nitrogens with zero attached hydrogens (tertiary/aromatic N) is 1. The number of amides is 1. The maximum absolute atomic E-state index is 13.9. The van der Waals surface area contributed by atoms with Gasteiger partial charge in [-0.1, -0.05) is 35.3 Å². The number of aromatic nitrogens is 1. The van der Waals surface area contributed by atoms with E-state index >= 15 is 0 Å². The van der Waals surface area contributed by atoms with Gasteiger partial charge in [0, 0.05) is 27.9 Å². The predicted molar refractivity (Wildman–Crippen MR) is 130 cm³/mol. The number of aliphatic hydroxyl groups excluding tert-OH is 1. The lowest BCUT2D eigenvalue weighted by molar-refractivity contribution is -0.143. The van der Waals surface area contributed by atoms with E-state index in [4.69, 9.17) is 33.7 Å². The number of benzene rings is 2. The molecule has 1 amide bonds. The van der Waals surface area contributed by atoms with Crippen LogP contribution in [0.25, 0.3) is 11.1 Å². The van der Waals surface area contributed by atoms with Crippen molar-refractivity contribution in [3.8, 4) is 16.9 Å². The second-order valence-corrected chi connectivity index (χ2v) is 8.22. The van der Waals surface area contributed by atoms with E-state index in [1.807, 2.05) is 0 Å². The van der Waals surface area contributed by atoms with Gasteiger partial charge in [-0.2, -0.15) is 0 Å². The molecule has 35 heavy (non-hydrogen) atoms. The average molecular weight is 522 g/mol. The van der Waals surface area contributed by atoms with Crippen molar-refractivity contribution < 1.29 is 28.6 Å². The van der Waals surface area contributed by atoms with Gasteiger partial charge in [0.2, 0.25) is 0 Å². The van der Waals surface area contributed by atoms with Crippen LogP contribution in [0.3, 0.4) is 0 Å². The van der Waals surface area contributed by atoms with Crippen molar-refractivity contribution in [2.75, 3.05) is 19.5 Å². The lowest BCUT2D eigenvalue weighted by Gasteiger charge is -2.19. The maximum Gasteiger partial charge on any atom is 0.330 e. The molecule has 0 radical (unpaired) electrons. The molecular formula is C24H22Cl2FN3O5. The fourth-order valence-electron chi connectivity index (χ4n) is 3.25. The molecule has 0 bridgehead atoms. The molecule has 0 saturated carbocycles. The van der Waals surface area contributed by atoms with Crippen molar-refractivity contribution in [2.45, 2.75) is 19.1 Å². The molecule has 11 heteroatoms. The van der Waals surface area contributed by atoms with Crippen molar-refractivity contribution in [3.05, 3.63) is 75.7 Å². The van der Waals surface area contributed by atoms with Gasteiger partial charge in [-0.25, -0.2) is 14.2 Å². The first-order valence-electron chi connectivity index (χ1n) is 10.3. The van der Waals surface area contributed by atoms with Crippen molar-refractivity contribution in [2.24, 2.45) is 0 Å². The quantitative estimate of drug-likeness (QED) is 0.300. The Hall–Kier alpha value is -3.40. The third-order valence-corrected chi connectivity index (χ3v) is 5.84. The van der Waals surface area contributed by atoms with Crippen LogP contribution in [-0.2, 0) is 9.53 Å². The molecule has 0 aliphatic rings. The first-order valence-corrected chi connectivity index (χ1v) is 11.1. The zero-order chi connectivity index (χ0) is 25.7. The van der Waals surface area contributed by atoms with Crippen molar-refractivity contribution in [3.63, 3.8) is 0 Å². The predicted octanol–water partition coefficient (Wildman–Crippen LogP) is 4.18. The second kappa shape index (κ2) is 11.4. The number of nitrogen functional groups attached to an aromatic ring is 1. The smallest absolute Gasteiger partial charge is 0.330 e. The number of hydrogen-bond donors (Lipinski definition) is 3. The number of nitrogens with two attached hydrogens (primary N) is 1. The minimum atomic E-state index is -1.17. The summed E-state index contributed by atoms with van der Waals surface area (Å²) in [5.41, 5.74) is 7.84. The average Bonchev–Trinajstić information content (AvgIpc) is 2.85. The summed E-state index contributed by atoms with van der Waals surface area (Å²) in [7, 11) is 1.16.